The summed E-state index contributed by atoms with van der Waals surface area (Å²) in [5.41, 5.74) is 5.42. The molecule has 6 heteroatoms. The van der Waals surface area contributed by atoms with Gasteiger partial charge in [-0.3, -0.25) is 14.5 Å². The van der Waals surface area contributed by atoms with E-state index >= 15 is 0 Å². The van der Waals surface area contributed by atoms with Gasteiger partial charge in [0.25, 0.3) is 0 Å². The van der Waals surface area contributed by atoms with Crippen LogP contribution in [0.1, 0.15) is 38.5 Å². The molecule has 0 aromatic heterocycles. The second-order valence-corrected chi connectivity index (χ2v) is 5.74. The van der Waals surface area contributed by atoms with Crippen molar-refractivity contribution in [3.63, 3.8) is 0 Å². The van der Waals surface area contributed by atoms with E-state index in [1.165, 1.54) is 0 Å². The molecule has 1 amide bonds. The van der Waals surface area contributed by atoms with Gasteiger partial charge in [-0.25, -0.2) is 0 Å². The smallest absolute Gasteiger partial charge is 0.320 e. The van der Waals surface area contributed by atoms with Gasteiger partial charge in [0.15, 0.2) is 0 Å². The lowest BCUT2D eigenvalue weighted by atomic mass is 10.0. The van der Waals surface area contributed by atoms with Gasteiger partial charge in [0.2, 0.25) is 5.91 Å². The van der Waals surface area contributed by atoms with Gasteiger partial charge in [0.05, 0.1) is 0 Å². The Balaban J connectivity index is 1.82. The molecule has 0 spiro atoms. The standard InChI is InChI=1S/C14H25N3O3/c15-7-1-4-13(18)16-9-5-11(6-10-16)17-8-2-3-12(17)14(19)20/h11-12H,1-10,15H2,(H,19,20). The van der Waals surface area contributed by atoms with Crippen LogP contribution in [0, 0.1) is 0 Å². The Morgan fingerprint density at radius 2 is 1.85 bits per heavy atom. The van der Waals surface area contributed by atoms with E-state index in [9.17, 15) is 14.7 Å². The van der Waals surface area contributed by atoms with Gasteiger partial charge in [-0.05, 0) is 45.2 Å². The molecular weight excluding hydrogens is 258 g/mol. The molecule has 2 heterocycles. The highest BCUT2D eigenvalue weighted by Crippen LogP contribution is 2.26. The molecule has 2 rings (SSSR count). The SMILES string of the molecule is NCCCC(=O)N1CCC(N2CCCC2C(=O)O)CC1. The van der Waals surface area contributed by atoms with Crippen LogP contribution in [0.4, 0.5) is 0 Å². The first-order valence-electron chi connectivity index (χ1n) is 7.60. The van der Waals surface area contributed by atoms with Gasteiger partial charge in [0.1, 0.15) is 6.04 Å². The van der Waals surface area contributed by atoms with E-state index in [0.717, 1.165) is 51.7 Å². The Labute approximate surface area is 119 Å². The van der Waals surface area contributed by atoms with Crippen molar-refractivity contribution < 1.29 is 14.7 Å². The van der Waals surface area contributed by atoms with E-state index in [1.54, 1.807) is 0 Å². The third-order valence-corrected chi connectivity index (χ3v) is 4.46. The van der Waals surface area contributed by atoms with Gasteiger partial charge in [-0.15, -0.1) is 0 Å². The number of carbonyl (C=O) groups excluding carboxylic acids is 1. The van der Waals surface area contributed by atoms with E-state index in [4.69, 9.17) is 5.73 Å². The van der Waals surface area contributed by atoms with Crippen LogP contribution >= 0.6 is 0 Å². The number of rotatable bonds is 5. The van der Waals surface area contributed by atoms with Crippen molar-refractivity contribution in [2.45, 2.75) is 50.6 Å². The van der Waals surface area contributed by atoms with Gasteiger partial charge >= 0.3 is 5.97 Å². The molecule has 2 aliphatic rings. The quantitative estimate of drug-likeness (QED) is 0.756. The minimum Gasteiger partial charge on any atom is -0.480 e. The van der Waals surface area contributed by atoms with Gasteiger partial charge in [-0.1, -0.05) is 0 Å². The minimum atomic E-state index is -0.705. The van der Waals surface area contributed by atoms with Crippen LogP contribution in [0.3, 0.4) is 0 Å². The highest BCUT2D eigenvalue weighted by molar-refractivity contribution is 5.76. The second kappa shape index (κ2) is 7.04. The van der Waals surface area contributed by atoms with Gasteiger partial charge in [-0.2, -0.15) is 0 Å². The Kier molecular flexibility index (Phi) is 5.37. The van der Waals surface area contributed by atoms with E-state index in [0.29, 0.717) is 19.0 Å². The molecule has 0 aromatic rings. The van der Waals surface area contributed by atoms with Crippen LogP contribution in [0.5, 0.6) is 0 Å². The fraction of sp³-hybridized carbons (Fsp3) is 0.857. The molecule has 0 aliphatic carbocycles. The Morgan fingerprint density at radius 3 is 2.45 bits per heavy atom. The Hall–Kier alpha value is -1.14. The summed E-state index contributed by atoms with van der Waals surface area (Å²) in [5.74, 6) is -0.519. The molecule has 1 unspecified atom stereocenters. The fourth-order valence-corrected chi connectivity index (χ4v) is 3.35. The van der Waals surface area contributed by atoms with Crippen LogP contribution in [-0.2, 0) is 9.59 Å². The number of piperidine rings is 1. The number of carboxylic acids is 1. The van der Waals surface area contributed by atoms with Crippen molar-refractivity contribution in [2.24, 2.45) is 5.73 Å². The molecule has 0 radical (unpaired) electrons. The van der Waals surface area contributed by atoms with E-state index < -0.39 is 5.97 Å². The first-order valence-corrected chi connectivity index (χ1v) is 7.60. The first-order chi connectivity index (χ1) is 9.63. The number of amides is 1. The van der Waals surface area contributed by atoms with Crippen molar-refractivity contribution in [1.82, 2.24) is 9.80 Å². The van der Waals surface area contributed by atoms with Crippen LogP contribution < -0.4 is 5.73 Å². The molecule has 0 saturated carbocycles. The predicted octanol–water partition coefficient (Wildman–Crippen LogP) is 0.265. The topological polar surface area (TPSA) is 86.9 Å². The van der Waals surface area contributed by atoms with Crippen molar-refractivity contribution in [2.75, 3.05) is 26.2 Å². The molecule has 2 saturated heterocycles. The average molecular weight is 283 g/mol. The summed E-state index contributed by atoms with van der Waals surface area (Å²) in [6.45, 7) is 2.92. The van der Waals surface area contributed by atoms with Crippen LogP contribution in [-0.4, -0.2) is 65.0 Å². The summed E-state index contributed by atoms with van der Waals surface area (Å²) in [7, 11) is 0. The molecule has 114 valence electrons. The highest BCUT2D eigenvalue weighted by Gasteiger charge is 2.37. The molecule has 20 heavy (non-hydrogen) atoms. The number of carboxylic acid groups (broad SMARTS) is 1. The average Bonchev–Trinajstić information content (AvgIpc) is 2.94. The zero-order valence-electron chi connectivity index (χ0n) is 12.0. The lowest BCUT2D eigenvalue weighted by Gasteiger charge is -2.38. The van der Waals surface area contributed by atoms with Crippen molar-refractivity contribution >= 4 is 11.9 Å². The number of nitrogens with two attached hydrogens (primary N) is 1. The number of likely N-dealkylation sites (tertiary alicyclic amines) is 2. The lowest BCUT2D eigenvalue weighted by molar-refractivity contribution is -0.144. The molecule has 6 nitrogen and oxygen atoms in total. The zero-order chi connectivity index (χ0) is 14.5. The summed E-state index contributed by atoms with van der Waals surface area (Å²) in [4.78, 5) is 27.2. The summed E-state index contributed by atoms with van der Waals surface area (Å²) in [6.07, 6.45) is 4.77. The summed E-state index contributed by atoms with van der Waals surface area (Å²) < 4.78 is 0. The number of carbonyl (C=O) groups is 2. The predicted molar refractivity (Wildman–Crippen MR) is 75.3 cm³/mol. The molecular formula is C14H25N3O3. The third-order valence-electron chi connectivity index (χ3n) is 4.46. The van der Waals surface area contributed by atoms with Crippen LogP contribution in [0.2, 0.25) is 0 Å². The van der Waals surface area contributed by atoms with E-state index in [1.807, 2.05) is 4.90 Å². The summed E-state index contributed by atoms with van der Waals surface area (Å²) >= 11 is 0. The first kappa shape index (κ1) is 15.3. The molecule has 2 fully saturated rings. The van der Waals surface area contributed by atoms with Crippen LogP contribution in [0.25, 0.3) is 0 Å². The fourth-order valence-electron chi connectivity index (χ4n) is 3.35. The summed E-state index contributed by atoms with van der Waals surface area (Å²) in [5, 5.41) is 9.23. The van der Waals surface area contributed by atoms with E-state index in [2.05, 4.69) is 4.90 Å². The maximum atomic E-state index is 11.9. The third kappa shape index (κ3) is 3.49. The lowest BCUT2D eigenvalue weighted by Crippen LogP contribution is -2.50. The van der Waals surface area contributed by atoms with Crippen molar-refractivity contribution in [1.29, 1.82) is 0 Å². The minimum absolute atomic E-state index is 0.185. The molecule has 0 bridgehead atoms. The Morgan fingerprint density at radius 1 is 1.15 bits per heavy atom. The number of hydrogen-bond donors (Lipinski definition) is 2. The monoisotopic (exact) mass is 283 g/mol. The zero-order valence-corrected chi connectivity index (χ0v) is 12.0. The van der Waals surface area contributed by atoms with Gasteiger partial charge < -0.3 is 15.7 Å². The maximum absolute atomic E-state index is 11.9. The Bertz CT molecular complexity index is 354. The van der Waals surface area contributed by atoms with Crippen molar-refractivity contribution in [3.05, 3.63) is 0 Å². The molecule has 1 atom stereocenters. The summed E-state index contributed by atoms with van der Waals surface area (Å²) in [6, 6.07) is -0.00310. The largest absolute Gasteiger partial charge is 0.480 e. The van der Waals surface area contributed by atoms with Crippen LogP contribution in [0.15, 0.2) is 0 Å². The normalized spacial score (nSPS) is 25.1. The van der Waals surface area contributed by atoms with Crippen molar-refractivity contribution in [3.8, 4) is 0 Å². The molecule has 3 N–H and O–H groups in total. The van der Waals surface area contributed by atoms with E-state index in [-0.39, 0.29) is 11.9 Å². The molecule has 0 aromatic carbocycles. The maximum Gasteiger partial charge on any atom is 0.320 e. The second-order valence-electron chi connectivity index (χ2n) is 5.74. The highest BCUT2D eigenvalue weighted by atomic mass is 16.4. The number of hydrogen-bond acceptors (Lipinski definition) is 4. The number of aliphatic carboxylic acids is 1. The molecule has 2 aliphatic heterocycles. The van der Waals surface area contributed by atoms with Gasteiger partial charge in [0, 0.05) is 25.6 Å². The number of nitrogens with zero attached hydrogens (tertiary/aromatic N) is 2.